The van der Waals surface area contributed by atoms with Crippen molar-refractivity contribution in [1.82, 2.24) is 15.3 Å². The highest BCUT2D eigenvalue weighted by Gasteiger charge is 2.13. The number of amides is 1. The minimum atomic E-state index is -0.913. The molecule has 0 aromatic carbocycles. The summed E-state index contributed by atoms with van der Waals surface area (Å²) in [4.78, 5) is 19.5. The molecule has 0 bridgehead atoms. The molecule has 5 nitrogen and oxygen atoms in total. The van der Waals surface area contributed by atoms with Crippen LogP contribution < -0.4 is 5.32 Å². The van der Waals surface area contributed by atoms with Gasteiger partial charge in [0.1, 0.15) is 6.10 Å². The number of nitrogens with one attached hydrogen (secondary N) is 1. The molecule has 0 aliphatic carbocycles. The maximum absolute atomic E-state index is 11.4. The fraction of sp³-hybridized carbons (Fsp3) is 0.545. The quantitative estimate of drug-likeness (QED) is 0.730. The highest BCUT2D eigenvalue weighted by molar-refractivity contribution is 7.98. The third-order valence-electron chi connectivity index (χ3n) is 2.20. The van der Waals surface area contributed by atoms with Crippen molar-refractivity contribution >= 4 is 17.7 Å². The van der Waals surface area contributed by atoms with Crippen LogP contribution in [0.2, 0.25) is 0 Å². The molecular weight excluding hydrogens is 238 g/mol. The highest BCUT2D eigenvalue weighted by atomic mass is 32.2. The average Bonchev–Trinajstić information content (AvgIpc) is 2.37. The van der Waals surface area contributed by atoms with E-state index >= 15 is 0 Å². The molecule has 94 valence electrons. The molecule has 0 saturated heterocycles. The van der Waals surface area contributed by atoms with Gasteiger partial charge in [0.25, 0.3) is 0 Å². The molecule has 1 heterocycles. The van der Waals surface area contributed by atoms with E-state index < -0.39 is 6.10 Å². The Bertz CT molecular complexity index is 335. The van der Waals surface area contributed by atoms with Crippen molar-refractivity contribution in [2.75, 3.05) is 18.6 Å². The summed E-state index contributed by atoms with van der Waals surface area (Å²) in [6.07, 6.45) is 7.02. The minimum absolute atomic E-state index is 0.317. The lowest BCUT2D eigenvalue weighted by atomic mass is 10.2. The predicted molar refractivity (Wildman–Crippen MR) is 67.8 cm³/mol. The van der Waals surface area contributed by atoms with Crippen molar-refractivity contribution in [2.24, 2.45) is 0 Å². The number of hydrogen-bond donors (Lipinski definition) is 2. The summed E-state index contributed by atoms with van der Waals surface area (Å²) in [7, 11) is 0. The van der Waals surface area contributed by atoms with Crippen molar-refractivity contribution in [3.05, 3.63) is 24.3 Å². The molecule has 1 amide bonds. The van der Waals surface area contributed by atoms with E-state index in [9.17, 15) is 9.90 Å². The third kappa shape index (κ3) is 5.65. The molecule has 0 saturated carbocycles. The largest absolute Gasteiger partial charge is 0.383 e. The van der Waals surface area contributed by atoms with Crippen LogP contribution in [0, 0.1) is 0 Å². The first kappa shape index (κ1) is 13.9. The molecule has 1 aromatic rings. The molecule has 2 N–H and O–H groups in total. The van der Waals surface area contributed by atoms with Crippen LogP contribution in [0.25, 0.3) is 0 Å². The average molecular weight is 255 g/mol. The van der Waals surface area contributed by atoms with Gasteiger partial charge in [0.15, 0.2) is 0 Å². The van der Waals surface area contributed by atoms with Gasteiger partial charge in [-0.25, -0.2) is 0 Å². The summed E-state index contributed by atoms with van der Waals surface area (Å²) < 4.78 is 0. The first-order valence-corrected chi connectivity index (χ1v) is 6.83. The van der Waals surface area contributed by atoms with Gasteiger partial charge in [-0.3, -0.25) is 14.8 Å². The second-order valence-corrected chi connectivity index (χ2v) is 4.52. The van der Waals surface area contributed by atoms with E-state index in [2.05, 4.69) is 15.3 Å². The molecule has 17 heavy (non-hydrogen) atoms. The molecule has 6 heteroatoms. The SMILES string of the molecule is CSCCC(O)C(=O)NCCc1cnccn1. The Morgan fingerprint density at radius 2 is 2.41 bits per heavy atom. The Morgan fingerprint density at radius 1 is 1.59 bits per heavy atom. The number of aliphatic hydroxyl groups excluding tert-OH is 1. The Kier molecular flexibility index (Phi) is 6.57. The Hall–Kier alpha value is -1.14. The normalized spacial score (nSPS) is 12.1. The van der Waals surface area contributed by atoms with Crippen LogP contribution in [-0.4, -0.2) is 45.6 Å². The molecule has 0 spiro atoms. The molecule has 1 atom stereocenters. The summed E-state index contributed by atoms with van der Waals surface area (Å²) in [6, 6.07) is 0. The van der Waals surface area contributed by atoms with E-state index in [1.165, 1.54) is 0 Å². The maximum atomic E-state index is 11.4. The molecule has 1 rings (SSSR count). The smallest absolute Gasteiger partial charge is 0.248 e. The summed E-state index contributed by atoms with van der Waals surface area (Å²) in [5.41, 5.74) is 0.825. The number of aliphatic hydroxyl groups is 1. The third-order valence-corrected chi connectivity index (χ3v) is 2.84. The number of aromatic nitrogens is 2. The van der Waals surface area contributed by atoms with Crippen molar-refractivity contribution in [1.29, 1.82) is 0 Å². The van der Waals surface area contributed by atoms with E-state index in [1.807, 2.05) is 6.26 Å². The summed E-state index contributed by atoms with van der Waals surface area (Å²) in [5.74, 6) is 0.460. The number of carbonyl (C=O) groups is 1. The van der Waals surface area contributed by atoms with Crippen LogP contribution >= 0.6 is 11.8 Å². The molecule has 0 radical (unpaired) electrons. The van der Waals surface area contributed by atoms with Crippen LogP contribution in [0.1, 0.15) is 12.1 Å². The minimum Gasteiger partial charge on any atom is -0.383 e. The van der Waals surface area contributed by atoms with Gasteiger partial charge in [0.05, 0.1) is 5.69 Å². The fourth-order valence-electron chi connectivity index (χ4n) is 1.25. The second-order valence-electron chi connectivity index (χ2n) is 3.54. The molecule has 0 aliphatic rings. The van der Waals surface area contributed by atoms with Gasteiger partial charge < -0.3 is 10.4 Å². The molecule has 1 aromatic heterocycles. The summed E-state index contributed by atoms with van der Waals surface area (Å²) >= 11 is 1.61. The fourth-order valence-corrected chi connectivity index (χ4v) is 1.71. The lowest BCUT2D eigenvalue weighted by Gasteiger charge is -2.10. The summed E-state index contributed by atoms with van der Waals surface area (Å²) in [6.45, 7) is 0.466. The first-order chi connectivity index (χ1) is 8.24. The molecular formula is C11H17N3O2S. The monoisotopic (exact) mass is 255 g/mol. The first-order valence-electron chi connectivity index (χ1n) is 5.43. The topological polar surface area (TPSA) is 75.1 Å². The van der Waals surface area contributed by atoms with Gasteiger partial charge in [-0.05, 0) is 18.4 Å². The standard InChI is InChI=1S/C11H17N3O2S/c1-17-7-3-10(15)11(16)14-4-2-9-8-12-5-6-13-9/h5-6,8,10,15H,2-4,7H2,1H3,(H,14,16). The van der Waals surface area contributed by atoms with Crippen LogP contribution in [0.4, 0.5) is 0 Å². The van der Waals surface area contributed by atoms with E-state index in [0.717, 1.165) is 11.4 Å². The second kappa shape index (κ2) is 8.03. The van der Waals surface area contributed by atoms with Crippen LogP contribution in [-0.2, 0) is 11.2 Å². The van der Waals surface area contributed by atoms with Crippen LogP contribution in [0.3, 0.4) is 0 Å². The van der Waals surface area contributed by atoms with Gasteiger partial charge in [0.2, 0.25) is 5.91 Å². The highest BCUT2D eigenvalue weighted by Crippen LogP contribution is 2.00. The molecule has 0 aliphatic heterocycles. The van der Waals surface area contributed by atoms with Crippen molar-refractivity contribution in [3.63, 3.8) is 0 Å². The zero-order valence-corrected chi connectivity index (χ0v) is 10.6. The summed E-state index contributed by atoms with van der Waals surface area (Å²) in [5, 5.41) is 12.2. The van der Waals surface area contributed by atoms with Crippen LogP contribution in [0.5, 0.6) is 0 Å². The number of hydrogen-bond acceptors (Lipinski definition) is 5. The van der Waals surface area contributed by atoms with Gasteiger partial charge in [0, 0.05) is 31.6 Å². The van der Waals surface area contributed by atoms with E-state index in [-0.39, 0.29) is 5.91 Å². The van der Waals surface area contributed by atoms with Crippen molar-refractivity contribution < 1.29 is 9.90 Å². The van der Waals surface area contributed by atoms with Gasteiger partial charge in [-0.15, -0.1) is 0 Å². The maximum Gasteiger partial charge on any atom is 0.248 e. The number of nitrogens with zero attached hydrogens (tertiary/aromatic N) is 2. The zero-order chi connectivity index (χ0) is 12.5. The predicted octanol–water partition coefficient (Wildman–Crippen LogP) is 0.249. The number of carbonyl (C=O) groups excluding carboxylic acids is 1. The van der Waals surface area contributed by atoms with Crippen LogP contribution in [0.15, 0.2) is 18.6 Å². The van der Waals surface area contributed by atoms with Crippen molar-refractivity contribution in [3.8, 4) is 0 Å². The Balaban J connectivity index is 2.20. The number of thioether (sulfide) groups is 1. The molecule has 1 unspecified atom stereocenters. The lowest BCUT2D eigenvalue weighted by molar-refractivity contribution is -0.129. The van der Waals surface area contributed by atoms with Gasteiger partial charge >= 0.3 is 0 Å². The van der Waals surface area contributed by atoms with Gasteiger partial charge in [-0.2, -0.15) is 11.8 Å². The van der Waals surface area contributed by atoms with E-state index in [0.29, 0.717) is 19.4 Å². The van der Waals surface area contributed by atoms with Gasteiger partial charge in [-0.1, -0.05) is 0 Å². The zero-order valence-electron chi connectivity index (χ0n) is 9.80. The van der Waals surface area contributed by atoms with E-state index in [4.69, 9.17) is 0 Å². The number of rotatable bonds is 7. The Morgan fingerprint density at radius 3 is 3.06 bits per heavy atom. The van der Waals surface area contributed by atoms with Crippen molar-refractivity contribution in [2.45, 2.75) is 18.9 Å². The Labute approximate surface area is 105 Å². The molecule has 0 fully saturated rings. The van der Waals surface area contributed by atoms with E-state index in [1.54, 1.807) is 30.4 Å². The lowest BCUT2D eigenvalue weighted by Crippen LogP contribution is -2.36.